The van der Waals surface area contributed by atoms with Crippen molar-refractivity contribution in [2.75, 3.05) is 63.7 Å². The number of nitrogens with two attached hydrogens (primary N) is 1. The lowest BCUT2D eigenvalue weighted by Crippen LogP contribution is -2.69. The molecular formula is C35H37F3N8O3S. The molecule has 50 heavy (non-hydrogen) atoms. The predicted molar refractivity (Wildman–Crippen MR) is 182 cm³/mol. The van der Waals surface area contributed by atoms with Gasteiger partial charge >= 0.3 is 6.01 Å². The van der Waals surface area contributed by atoms with Crippen LogP contribution < -0.4 is 15.4 Å². The highest BCUT2D eigenvalue weighted by atomic mass is 32.1. The molecule has 2 unspecified atom stereocenters. The molecule has 5 saturated heterocycles. The first-order valence-electron chi connectivity index (χ1n) is 17.2. The van der Waals surface area contributed by atoms with Crippen LogP contribution in [0, 0.1) is 23.0 Å². The number of hydrogen-bond acceptors (Lipinski definition) is 12. The average Bonchev–Trinajstić information content (AvgIpc) is 3.87. The van der Waals surface area contributed by atoms with Crippen molar-refractivity contribution in [1.29, 1.82) is 5.26 Å². The Morgan fingerprint density at radius 3 is 2.78 bits per heavy atom. The Balaban J connectivity index is 1.20. The highest BCUT2D eigenvalue weighted by Gasteiger charge is 2.50. The van der Waals surface area contributed by atoms with Crippen molar-refractivity contribution in [1.82, 2.24) is 24.8 Å². The van der Waals surface area contributed by atoms with Crippen LogP contribution in [0.25, 0.3) is 32.2 Å². The van der Waals surface area contributed by atoms with Crippen molar-refractivity contribution in [3.8, 4) is 23.3 Å². The quantitative estimate of drug-likeness (QED) is 0.239. The normalized spacial score (nSPS) is 26.1. The van der Waals surface area contributed by atoms with Gasteiger partial charge in [0.25, 0.3) is 0 Å². The number of hydrogen-bond donors (Lipinski definition) is 1. The zero-order valence-corrected chi connectivity index (χ0v) is 28.5. The van der Waals surface area contributed by atoms with E-state index in [1.165, 1.54) is 0 Å². The lowest BCUT2D eigenvalue weighted by atomic mass is 9.86. The molecule has 6 aliphatic heterocycles. The van der Waals surface area contributed by atoms with E-state index >= 15 is 8.78 Å². The molecule has 262 valence electrons. The van der Waals surface area contributed by atoms with E-state index in [1.807, 2.05) is 0 Å². The van der Waals surface area contributed by atoms with Gasteiger partial charge in [0.05, 0.1) is 46.3 Å². The van der Waals surface area contributed by atoms with E-state index in [4.69, 9.17) is 29.9 Å². The molecule has 6 aliphatic rings. The third-order valence-corrected chi connectivity index (χ3v) is 12.4. The maximum Gasteiger partial charge on any atom is 0.319 e. The number of piperidine rings is 1. The van der Waals surface area contributed by atoms with Crippen molar-refractivity contribution in [2.24, 2.45) is 0 Å². The molecule has 4 atom stereocenters. The third kappa shape index (κ3) is 4.86. The van der Waals surface area contributed by atoms with Crippen molar-refractivity contribution in [3.63, 3.8) is 0 Å². The number of nitrogen functional groups attached to an aromatic ring is 1. The Morgan fingerprint density at radius 2 is 1.98 bits per heavy atom. The van der Waals surface area contributed by atoms with Crippen LogP contribution in [0.2, 0.25) is 0 Å². The molecule has 2 bridgehead atoms. The Bertz CT molecular complexity index is 2060. The molecule has 0 spiro atoms. The second kappa shape index (κ2) is 12.2. The van der Waals surface area contributed by atoms with E-state index in [2.05, 4.69) is 25.8 Å². The number of thiophene rings is 1. The minimum Gasteiger partial charge on any atom is -0.461 e. The van der Waals surface area contributed by atoms with Crippen LogP contribution in [0.4, 0.5) is 24.0 Å². The van der Waals surface area contributed by atoms with Crippen LogP contribution in [0.15, 0.2) is 6.20 Å². The summed E-state index contributed by atoms with van der Waals surface area (Å²) < 4.78 is 64.8. The summed E-state index contributed by atoms with van der Waals surface area (Å²) in [4.78, 5) is 21.0. The second-order valence-corrected chi connectivity index (χ2v) is 15.3. The van der Waals surface area contributed by atoms with Gasteiger partial charge in [-0.25, -0.2) is 13.2 Å². The van der Waals surface area contributed by atoms with Gasteiger partial charge in [-0.05, 0) is 43.4 Å². The summed E-state index contributed by atoms with van der Waals surface area (Å²) >= 11 is 0.935. The van der Waals surface area contributed by atoms with Crippen LogP contribution >= 0.6 is 11.3 Å². The van der Waals surface area contributed by atoms with Crippen LogP contribution in [-0.4, -0.2) is 102 Å². The number of pyridine rings is 1. The number of nitriles is 1. The zero-order valence-electron chi connectivity index (χ0n) is 27.7. The number of halogens is 3. The van der Waals surface area contributed by atoms with Gasteiger partial charge < -0.3 is 24.8 Å². The molecule has 0 amide bonds. The molecule has 10 rings (SSSR count). The lowest BCUT2D eigenvalue weighted by Gasteiger charge is -2.57. The Kier molecular flexibility index (Phi) is 7.81. The van der Waals surface area contributed by atoms with Gasteiger partial charge in [0.2, 0.25) is 0 Å². The number of aromatic nitrogens is 3. The summed E-state index contributed by atoms with van der Waals surface area (Å²) in [6.45, 7) is 4.99. The summed E-state index contributed by atoms with van der Waals surface area (Å²) in [6, 6.07) is 2.42. The van der Waals surface area contributed by atoms with Crippen molar-refractivity contribution in [2.45, 2.75) is 69.1 Å². The van der Waals surface area contributed by atoms with E-state index in [9.17, 15) is 9.65 Å². The molecule has 9 heterocycles. The van der Waals surface area contributed by atoms with Crippen molar-refractivity contribution in [3.05, 3.63) is 34.5 Å². The summed E-state index contributed by atoms with van der Waals surface area (Å²) in [6.07, 6.45) is 4.19. The Morgan fingerprint density at radius 1 is 1.16 bits per heavy atom. The molecule has 3 aromatic heterocycles. The SMILES string of the molecule is COCCCN1CC2CC(C1)N2c1nc(OC[C@@]23CCCN2C[C@H](F)C3)nc2c(F)c(-c3ncc(F)c4sc(N)c(C#N)c34)c3c(c12)COC3. The molecule has 0 aliphatic carbocycles. The van der Waals surface area contributed by atoms with Gasteiger partial charge in [-0.2, -0.15) is 15.2 Å². The molecule has 0 saturated carbocycles. The van der Waals surface area contributed by atoms with Gasteiger partial charge in [0.1, 0.15) is 35.2 Å². The number of benzene rings is 1. The first-order valence-corrected chi connectivity index (χ1v) is 18.0. The molecule has 11 nitrogen and oxygen atoms in total. The van der Waals surface area contributed by atoms with Gasteiger partial charge in [-0.3, -0.25) is 14.8 Å². The topological polar surface area (TPSA) is 126 Å². The monoisotopic (exact) mass is 706 g/mol. The number of rotatable bonds is 9. The summed E-state index contributed by atoms with van der Waals surface area (Å²) in [5.41, 5.74) is 7.30. The van der Waals surface area contributed by atoms with Gasteiger partial charge in [-0.1, -0.05) is 0 Å². The van der Waals surface area contributed by atoms with Crippen LogP contribution in [0.3, 0.4) is 0 Å². The Hall–Kier alpha value is -3.81. The molecule has 4 aromatic rings. The van der Waals surface area contributed by atoms with Gasteiger partial charge in [0, 0.05) is 69.3 Å². The number of ether oxygens (including phenoxy) is 3. The number of fused-ring (bicyclic) bond motifs is 7. The van der Waals surface area contributed by atoms with Crippen LogP contribution in [-0.2, 0) is 22.7 Å². The first kappa shape index (κ1) is 32.1. The summed E-state index contributed by atoms with van der Waals surface area (Å²) in [5, 5.41) is 10.8. The minimum absolute atomic E-state index is 0.0244. The number of anilines is 2. The summed E-state index contributed by atoms with van der Waals surface area (Å²) in [5.74, 6) is -0.719. The molecular weight excluding hydrogens is 669 g/mol. The van der Waals surface area contributed by atoms with E-state index in [0.717, 1.165) is 75.0 Å². The third-order valence-electron chi connectivity index (χ3n) is 11.4. The number of piperazine rings is 1. The van der Waals surface area contributed by atoms with Crippen LogP contribution in [0.5, 0.6) is 6.01 Å². The zero-order chi connectivity index (χ0) is 34.3. The standard InChI is InChI=1S/C35H37F3N8O3S/c1-47-7-3-5-44-13-19-8-20(14-44)46(19)33-27-23-16-48-15-22(23)25(29-26-21(10-39)32(40)50-31(26)24(37)11-41-29)28(38)30(27)42-34(43-33)49-17-35-4-2-6-45(35)12-18(36)9-35/h11,18-20H,2-9,12-17,40H2,1H3/t18-,19?,20?,35+/m1/s1. The predicted octanol–water partition coefficient (Wildman–Crippen LogP) is 4.92. The maximum atomic E-state index is 17.4. The van der Waals surface area contributed by atoms with E-state index in [-0.39, 0.29) is 75.3 Å². The highest BCUT2D eigenvalue weighted by Crippen LogP contribution is 2.49. The second-order valence-electron chi connectivity index (χ2n) is 14.2. The number of alkyl halides is 1. The largest absolute Gasteiger partial charge is 0.461 e. The van der Waals surface area contributed by atoms with Gasteiger partial charge in [0.15, 0.2) is 11.6 Å². The number of nitrogens with zero attached hydrogens (tertiary/aromatic N) is 7. The smallest absolute Gasteiger partial charge is 0.319 e. The molecule has 0 radical (unpaired) electrons. The number of methoxy groups -OCH3 is 1. The first-order chi connectivity index (χ1) is 24.3. The van der Waals surface area contributed by atoms with Gasteiger partial charge in [-0.15, -0.1) is 11.3 Å². The highest BCUT2D eigenvalue weighted by molar-refractivity contribution is 7.23. The van der Waals surface area contributed by atoms with Crippen molar-refractivity contribution < 1.29 is 27.4 Å². The average molecular weight is 707 g/mol. The van der Waals surface area contributed by atoms with Crippen LogP contribution in [0.1, 0.15) is 48.8 Å². The fraction of sp³-hybridized carbons (Fsp3) is 0.543. The fourth-order valence-corrected chi connectivity index (χ4v) is 10.1. The fourth-order valence-electron chi connectivity index (χ4n) is 9.18. The maximum absolute atomic E-state index is 17.4. The lowest BCUT2D eigenvalue weighted by molar-refractivity contribution is 0.0984. The molecule has 5 fully saturated rings. The Labute approximate surface area is 290 Å². The van der Waals surface area contributed by atoms with Crippen molar-refractivity contribution >= 4 is 43.1 Å². The molecule has 15 heteroatoms. The molecule has 2 N–H and O–H groups in total. The summed E-state index contributed by atoms with van der Waals surface area (Å²) in [7, 11) is 1.71. The van der Waals surface area contributed by atoms with E-state index in [1.54, 1.807) is 7.11 Å². The van der Waals surface area contributed by atoms with E-state index < -0.39 is 23.3 Å². The molecule has 1 aromatic carbocycles. The van der Waals surface area contributed by atoms with E-state index in [0.29, 0.717) is 36.3 Å². The minimum atomic E-state index is -0.925.